The number of halogens is 2. The summed E-state index contributed by atoms with van der Waals surface area (Å²) in [6.45, 7) is 3.77. The molecular formula is C18H18Cl2O5. The first-order valence-corrected chi connectivity index (χ1v) is 8.85. The van der Waals surface area contributed by atoms with Crippen molar-refractivity contribution in [1.82, 2.24) is 0 Å². The predicted octanol–water partition coefficient (Wildman–Crippen LogP) is 4.15. The van der Waals surface area contributed by atoms with Crippen LogP contribution in [0.1, 0.15) is 38.7 Å². The van der Waals surface area contributed by atoms with Gasteiger partial charge in [-0.25, -0.2) is 4.79 Å². The highest BCUT2D eigenvalue weighted by atomic mass is 35.5. The van der Waals surface area contributed by atoms with Crippen LogP contribution in [-0.2, 0) is 23.8 Å². The van der Waals surface area contributed by atoms with Crippen LogP contribution in [-0.4, -0.2) is 30.3 Å². The molecule has 2 aliphatic rings. The average molecular weight is 385 g/mol. The van der Waals surface area contributed by atoms with Gasteiger partial charge in [-0.3, -0.25) is 4.79 Å². The number of ether oxygens (including phenoxy) is 3. The van der Waals surface area contributed by atoms with Crippen molar-refractivity contribution < 1.29 is 23.8 Å². The van der Waals surface area contributed by atoms with E-state index in [0.29, 0.717) is 41.5 Å². The van der Waals surface area contributed by atoms with Crippen molar-refractivity contribution in [3.05, 3.63) is 39.6 Å². The zero-order chi connectivity index (χ0) is 18.2. The predicted molar refractivity (Wildman–Crippen MR) is 93.2 cm³/mol. The summed E-state index contributed by atoms with van der Waals surface area (Å²) in [5, 5.41) is 0.738. The summed E-state index contributed by atoms with van der Waals surface area (Å²) in [6, 6.07) is 4.78. The van der Waals surface area contributed by atoms with Crippen molar-refractivity contribution >= 4 is 40.7 Å². The van der Waals surface area contributed by atoms with Crippen LogP contribution in [0.5, 0.6) is 0 Å². The number of esters is 2. The molecule has 5 nitrogen and oxygen atoms in total. The van der Waals surface area contributed by atoms with E-state index in [1.165, 1.54) is 13.0 Å². The van der Waals surface area contributed by atoms with Gasteiger partial charge < -0.3 is 14.2 Å². The maximum Gasteiger partial charge on any atom is 0.343 e. The first-order valence-electron chi connectivity index (χ1n) is 8.10. The maximum absolute atomic E-state index is 12.6. The van der Waals surface area contributed by atoms with Crippen LogP contribution in [0.15, 0.2) is 24.0 Å². The van der Waals surface area contributed by atoms with Gasteiger partial charge in [-0.05, 0) is 31.9 Å². The summed E-state index contributed by atoms with van der Waals surface area (Å²) in [4.78, 5) is 24.3. The molecule has 0 N–H and O–H groups in total. The highest BCUT2D eigenvalue weighted by Crippen LogP contribution is 2.49. The Morgan fingerprint density at radius 1 is 1.40 bits per heavy atom. The Kier molecular flexibility index (Phi) is 5.09. The van der Waals surface area contributed by atoms with Crippen LogP contribution in [0.4, 0.5) is 0 Å². The molecule has 7 heteroatoms. The molecular weight excluding hydrogens is 367 g/mol. The SMILES string of the molecule is CCOC1CCC2(C1)OC(=O)C(c1ccc(Cl)cc1Cl)=C2OC(C)=O. The highest BCUT2D eigenvalue weighted by Gasteiger charge is 2.55. The number of hydrogen-bond acceptors (Lipinski definition) is 5. The van der Waals surface area contributed by atoms with E-state index < -0.39 is 17.5 Å². The van der Waals surface area contributed by atoms with Gasteiger partial charge in [0.25, 0.3) is 0 Å². The monoisotopic (exact) mass is 384 g/mol. The largest absolute Gasteiger partial charge is 0.447 e. The maximum atomic E-state index is 12.6. The Balaban J connectivity index is 2.09. The molecule has 1 aliphatic heterocycles. The van der Waals surface area contributed by atoms with E-state index >= 15 is 0 Å². The standard InChI is InChI=1S/C18H18Cl2O5/c1-3-23-12-6-7-18(9-12)16(24-10(2)21)15(17(22)25-18)13-5-4-11(19)8-14(13)20/h4-5,8,12H,3,6-7,9H2,1-2H3. The third-order valence-corrected chi connectivity index (χ3v) is 4.96. The van der Waals surface area contributed by atoms with Crippen molar-refractivity contribution in [2.45, 2.75) is 44.8 Å². The molecule has 1 aromatic carbocycles. The highest BCUT2D eigenvalue weighted by molar-refractivity contribution is 6.37. The van der Waals surface area contributed by atoms with E-state index in [4.69, 9.17) is 37.4 Å². The van der Waals surface area contributed by atoms with Crippen LogP contribution in [0.3, 0.4) is 0 Å². The molecule has 1 aromatic rings. The van der Waals surface area contributed by atoms with Crippen molar-refractivity contribution in [3.8, 4) is 0 Å². The second kappa shape index (κ2) is 6.98. The molecule has 0 amide bonds. The van der Waals surface area contributed by atoms with Gasteiger partial charge >= 0.3 is 11.9 Å². The van der Waals surface area contributed by atoms with Crippen LogP contribution in [0.25, 0.3) is 5.57 Å². The van der Waals surface area contributed by atoms with Crippen LogP contribution in [0.2, 0.25) is 10.0 Å². The first kappa shape index (κ1) is 18.2. The quantitative estimate of drug-likeness (QED) is 0.729. The number of hydrogen-bond donors (Lipinski definition) is 0. The van der Waals surface area contributed by atoms with E-state index in [-0.39, 0.29) is 17.4 Å². The summed E-state index contributed by atoms with van der Waals surface area (Å²) in [5.74, 6) is -0.857. The van der Waals surface area contributed by atoms with Crippen LogP contribution >= 0.6 is 23.2 Å². The summed E-state index contributed by atoms with van der Waals surface area (Å²) >= 11 is 12.2. The minimum Gasteiger partial charge on any atom is -0.447 e. The first-order chi connectivity index (χ1) is 11.9. The third-order valence-electron chi connectivity index (χ3n) is 4.41. The van der Waals surface area contributed by atoms with Gasteiger partial charge in [0.2, 0.25) is 0 Å². The van der Waals surface area contributed by atoms with Gasteiger partial charge in [0, 0.05) is 30.5 Å². The van der Waals surface area contributed by atoms with E-state index in [1.54, 1.807) is 12.1 Å². The van der Waals surface area contributed by atoms with E-state index in [1.807, 2.05) is 6.92 Å². The summed E-state index contributed by atoms with van der Waals surface area (Å²) in [6.07, 6.45) is 1.64. The summed E-state index contributed by atoms with van der Waals surface area (Å²) in [5.41, 5.74) is -0.376. The fourth-order valence-corrected chi connectivity index (χ4v) is 3.95. The van der Waals surface area contributed by atoms with Crippen molar-refractivity contribution in [2.75, 3.05) is 6.61 Å². The Labute approximate surface area is 155 Å². The smallest absolute Gasteiger partial charge is 0.343 e. The summed E-state index contributed by atoms with van der Waals surface area (Å²) in [7, 11) is 0. The fraction of sp³-hybridized carbons (Fsp3) is 0.444. The molecule has 134 valence electrons. The van der Waals surface area contributed by atoms with E-state index in [2.05, 4.69) is 0 Å². The second-order valence-electron chi connectivity index (χ2n) is 6.13. The molecule has 25 heavy (non-hydrogen) atoms. The Morgan fingerprint density at radius 2 is 2.16 bits per heavy atom. The molecule has 3 rings (SSSR count). The third kappa shape index (κ3) is 3.41. The fourth-order valence-electron chi connectivity index (χ4n) is 3.45. The molecule has 0 radical (unpaired) electrons. The van der Waals surface area contributed by atoms with E-state index in [0.717, 1.165) is 0 Å². The summed E-state index contributed by atoms with van der Waals surface area (Å²) < 4.78 is 16.8. The molecule has 1 spiro atoms. The molecule has 1 heterocycles. The zero-order valence-corrected chi connectivity index (χ0v) is 15.4. The van der Waals surface area contributed by atoms with Gasteiger partial charge in [0.1, 0.15) is 5.57 Å². The normalized spacial score (nSPS) is 25.6. The van der Waals surface area contributed by atoms with Gasteiger partial charge in [-0.15, -0.1) is 0 Å². The number of benzene rings is 1. The zero-order valence-electron chi connectivity index (χ0n) is 13.9. The molecule has 2 unspecified atom stereocenters. The van der Waals surface area contributed by atoms with Gasteiger partial charge in [0.15, 0.2) is 11.4 Å². The van der Waals surface area contributed by atoms with Crippen molar-refractivity contribution in [3.63, 3.8) is 0 Å². The van der Waals surface area contributed by atoms with Gasteiger partial charge in [-0.2, -0.15) is 0 Å². The topological polar surface area (TPSA) is 61.8 Å². The number of rotatable bonds is 4. The lowest BCUT2D eigenvalue weighted by Gasteiger charge is -2.25. The lowest BCUT2D eigenvalue weighted by atomic mass is 9.95. The lowest BCUT2D eigenvalue weighted by Crippen LogP contribution is -2.31. The average Bonchev–Trinajstić information content (AvgIpc) is 3.03. The molecule has 1 aliphatic carbocycles. The number of carbonyl (C=O) groups excluding carboxylic acids is 2. The van der Waals surface area contributed by atoms with Crippen molar-refractivity contribution in [1.29, 1.82) is 0 Å². The Hall–Kier alpha value is -1.56. The van der Waals surface area contributed by atoms with Gasteiger partial charge in [-0.1, -0.05) is 29.3 Å². The molecule has 0 bridgehead atoms. The van der Waals surface area contributed by atoms with Crippen molar-refractivity contribution in [2.24, 2.45) is 0 Å². The molecule has 1 fully saturated rings. The Bertz CT molecular complexity index is 758. The van der Waals surface area contributed by atoms with Crippen LogP contribution in [0, 0.1) is 0 Å². The molecule has 0 saturated heterocycles. The van der Waals surface area contributed by atoms with Crippen LogP contribution < -0.4 is 0 Å². The number of carbonyl (C=O) groups is 2. The van der Waals surface area contributed by atoms with Gasteiger partial charge in [0.05, 0.1) is 11.1 Å². The minimum atomic E-state index is -0.985. The molecule has 0 aromatic heterocycles. The Morgan fingerprint density at radius 3 is 2.80 bits per heavy atom. The second-order valence-corrected chi connectivity index (χ2v) is 6.97. The molecule has 2 atom stereocenters. The molecule has 1 saturated carbocycles. The van der Waals surface area contributed by atoms with E-state index in [9.17, 15) is 9.59 Å². The minimum absolute atomic E-state index is 0.0524. The lowest BCUT2D eigenvalue weighted by molar-refractivity contribution is -0.152.